The van der Waals surface area contributed by atoms with Gasteiger partial charge in [-0.3, -0.25) is 4.57 Å². The molecule has 10 heteroatoms. The van der Waals surface area contributed by atoms with Gasteiger partial charge < -0.3 is 9.64 Å². The van der Waals surface area contributed by atoms with Gasteiger partial charge in [0.15, 0.2) is 5.82 Å². The van der Waals surface area contributed by atoms with E-state index in [-0.39, 0.29) is 11.9 Å². The molecule has 1 aliphatic rings. The lowest BCUT2D eigenvalue weighted by molar-refractivity contribution is 0.0985. The van der Waals surface area contributed by atoms with Crippen LogP contribution in [0.2, 0.25) is 0 Å². The largest absolute Gasteiger partial charge is 0.377 e. The van der Waals surface area contributed by atoms with Gasteiger partial charge in [-0.2, -0.15) is 14.3 Å². The van der Waals surface area contributed by atoms with Crippen molar-refractivity contribution in [2.24, 2.45) is 4.36 Å². The summed E-state index contributed by atoms with van der Waals surface area (Å²) in [6.07, 6.45) is 4.66. The zero-order valence-electron chi connectivity index (χ0n) is 15.9. The van der Waals surface area contributed by atoms with Crippen molar-refractivity contribution in [3.05, 3.63) is 36.4 Å². The summed E-state index contributed by atoms with van der Waals surface area (Å²) in [5.74, 6) is 0.986. The van der Waals surface area contributed by atoms with E-state index in [0.29, 0.717) is 48.4 Å². The summed E-state index contributed by atoms with van der Waals surface area (Å²) in [4.78, 5) is 15.5. The summed E-state index contributed by atoms with van der Waals surface area (Å²) in [7, 11) is -2.40. The van der Waals surface area contributed by atoms with E-state index in [1.807, 2.05) is 0 Å². The lowest BCUT2D eigenvalue weighted by Crippen LogP contribution is -2.44. The van der Waals surface area contributed by atoms with E-state index in [1.165, 1.54) is 12.1 Å². The van der Waals surface area contributed by atoms with E-state index < -0.39 is 9.73 Å². The maximum atomic E-state index is 13.5. The van der Waals surface area contributed by atoms with E-state index in [2.05, 4.69) is 31.1 Å². The quantitative estimate of drug-likeness (QED) is 0.667. The third-order valence-electron chi connectivity index (χ3n) is 4.39. The average Bonchev–Trinajstić information content (AvgIpc) is 3.03. The van der Waals surface area contributed by atoms with Crippen molar-refractivity contribution in [2.45, 2.75) is 13.0 Å². The van der Waals surface area contributed by atoms with Gasteiger partial charge in [0.25, 0.3) is 0 Å². The molecular formula is C18H21FN6O2S. The van der Waals surface area contributed by atoms with Gasteiger partial charge >= 0.3 is 0 Å². The van der Waals surface area contributed by atoms with Crippen LogP contribution in [0.5, 0.6) is 0 Å². The molecular weight excluding hydrogens is 383 g/mol. The number of anilines is 1. The molecule has 0 saturated carbocycles. The number of morpholine rings is 1. The predicted molar refractivity (Wildman–Crippen MR) is 106 cm³/mol. The van der Waals surface area contributed by atoms with Crippen LogP contribution in [0.15, 0.2) is 35.0 Å². The molecule has 1 fully saturated rings. The topological polar surface area (TPSA) is 85.5 Å². The summed E-state index contributed by atoms with van der Waals surface area (Å²) in [5, 5.41) is 0. The fraction of sp³-hybridized carbons (Fsp3) is 0.389. The second-order valence-electron chi connectivity index (χ2n) is 7.02. The molecule has 3 aromatic rings. The van der Waals surface area contributed by atoms with Gasteiger partial charge in [-0.25, -0.2) is 13.6 Å². The first-order valence-electron chi connectivity index (χ1n) is 8.84. The molecule has 0 bridgehead atoms. The maximum absolute atomic E-state index is 13.5. The SMILES string of the molecule is C[C@@H]1COCCN1c1cc(N=S(C)(C)=O)nc(-n2cnc3cc(F)ccc32)n1. The molecule has 3 heterocycles. The van der Waals surface area contributed by atoms with Gasteiger partial charge in [-0.05, 0) is 19.1 Å². The minimum Gasteiger partial charge on any atom is -0.377 e. The fourth-order valence-corrected chi connectivity index (χ4v) is 3.69. The average molecular weight is 404 g/mol. The number of fused-ring (bicyclic) bond motifs is 1. The van der Waals surface area contributed by atoms with Gasteiger partial charge in [0.2, 0.25) is 5.95 Å². The van der Waals surface area contributed by atoms with E-state index in [1.54, 1.807) is 35.5 Å². The maximum Gasteiger partial charge on any atom is 0.239 e. The zero-order chi connectivity index (χ0) is 19.9. The highest BCUT2D eigenvalue weighted by atomic mass is 32.2. The summed E-state index contributed by atoms with van der Waals surface area (Å²) in [6.45, 7) is 3.93. The van der Waals surface area contributed by atoms with E-state index in [0.717, 1.165) is 0 Å². The molecule has 1 aromatic carbocycles. The van der Waals surface area contributed by atoms with Crippen LogP contribution < -0.4 is 4.90 Å². The Morgan fingerprint density at radius 1 is 1.29 bits per heavy atom. The molecule has 148 valence electrons. The molecule has 0 N–H and O–H groups in total. The summed E-state index contributed by atoms with van der Waals surface area (Å²) in [6, 6.07) is 6.22. The molecule has 1 atom stereocenters. The Morgan fingerprint density at radius 3 is 2.86 bits per heavy atom. The molecule has 0 aliphatic carbocycles. The Morgan fingerprint density at radius 2 is 2.11 bits per heavy atom. The fourth-order valence-electron chi connectivity index (χ4n) is 3.15. The first-order chi connectivity index (χ1) is 13.3. The lowest BCUT2D eigenvalue weighted by atomic mass is 10.2. The van der Waals surface area contributed by atoms with Crippen molar-refractivity contribution in [3.63, 3.8) is 0 Å². The molecule has 0 amide bonds. The Bertz CT molecular complexity index is 1150. The molecule has 0 unspecified atom stereocenters. The number of hydrogen-bond donors (Lipinski definition) is 0. The number of hydrogen-bond acceptors (Lipinski definition) is 7. The smallest absolute Gasteiger partial charge is 0.239 e. The summed E-state index contributed by atoms with van der Waals surface area (Å²) < 4.78 is 37.2. The van der Waals surface area contributed by atoms with Crippen molar-refractivity contribution in [3.8, 4) is 5.95 Å². The molecule has 0 radical (unpaired) electrons. The van der Waals surface area contributed by atoms with E-state index >= 15 is 0 Å². The minimum atomic E-state index is -2.40. The molecule has 0 spiro atoms. The van der Waals surface area contributed by atoms with Crippen LogP contribution in [0, 0.1) is 5.82 Å². The van der Waals surface area contributed by atoms with Gasteiger partial charge in [0, 0.05) is 40.9 Å². The third-order valence-corrected chi connectivity index (χ3v) is 5.01. The Balaban J connectivity index is 1.89. The predicted octanol–water partition coefficient (Wildman–Crippen LogP) is 2.54. The van der Waals surface area contributed by atoms with Crippen molar-refractivity contribution in [2.75, 3.05) is 37.2 Å². The summed E-state index contributed by atoms with van der Waals surface area (Å²) in [5.41, 5.74) is 1.18. The van der Waals surface area contributed by atoms with Gasteiger partial charge in [0.1, 0.15) is 18.0 Å². The summed E-state index contributed by atoms with van der Waals surface area (Å²) >= 11 is 0. The van der Waals surface area contributed by atoms with Crippen LogP contribution in [0.3, 0.4) is 0 Å². The molecule has 4 rings (SSSR count). The van der Waals surface area contributed by atoms with Gasteiger partial charge in [-0.15, -0.1) is 0 Å². The standard InChI is InChI=1S/C18H21FN6O2S/c1-12-10-27-7-6-24(12)17-9-16(23-28(2,3)26)21-18(22-17)25-11-20-14-8-13(19)4-5-15(14)25/h4-5,8-9,11-12H,6-7,10H2,1-3H3/t12-/m1/s1. The van der Waals surface area contributed by atoms with Crippen LogP contribution in [-0.2, 0) is 14.5 Å². The molecule has 1 aliphatic heterocycles. The third kappa shape index (κ3) is 3.83. The first kappa shape index (κ1) is 18.8. The van der Waals surface area contributed by atoms with Crippen molar-refractivity contribution < 1.29 is 13.3 Å². The van der Waals surface area contributed by atoms with Crippen molar-refractivity contribution in [1.29, 1.82) is 0 Å². The number of halogens is 1. The Hall–Kier alpha value is -2.59. The minimum absolute atomic E-state index is 0.130. The number of benzene rings is 1. The lowest BCUT2D eigenvalue weighted by Gasteiger charge is -2.34. The van der Waals surface area contributed by atoms with Crippen LogP contribution >= 0.6 is 0 Å². The van der Waals surface area contributed by atoms with Crippen LogP contribution in [0.25, 0.3) is 17.0 Å². The number of ether oxygens (including phenoxy) is 1. The van der Waals surface area contributed by atoms with Crippen molar-refractivity contribution >= 4 is 32.4 Å². The van der Waals surface area contributed by atoms with Crippen LogP contribution in [0.1, 0.15) is 6.92 Å². The zero-order valence-corrected chi connectivity index (χ0v) is 16.7. The Kier molecular flexibility index (Phi) is 4.76. The number of rotatable bonds is 3. The highest BCUT2D eigenvalue weighted by Gasteiger charge is 2.22. The second-order valence-corrected chi connectivity index (χ2v) is 9.57. The highest BCUT2D eigenvalue weighted by molar-refractivity contribution is 7.92. The molecule has 8 nitrogen and oxygen atoms in total. The normalized spacial score (nSPS) is 17.9. The number of imidazole rings is 1. The second kappa shape index (κ2) is 7.10. The van der Waals surface area contributed by atoms with Gasteiger partial charge in [0.05, 0.1) is 30.3 Å². The first-order valence-corrected chi connectivity index (χ1v) is 11.2. The molecule has 1 saturated heterocycles. The van der Waals surface area contributed by atoms with Crippen molar-refractivity contribution in [1.82, 2.24) is 19.5 Å². The number of nitrogens with zero attached hydrogens (tertiary/aromatic N) is 6. The van der Waals surface area contributed by atoms with Gasteiger partial charge in [-0.1, -0.05) is 0 Å². The number of aromatic nitrogens is 4. The van der Waals surface area contributed by atoms with Crippen LogP contribution in [-0.4, -0.2) is 62.0 Å². The highest BCUT2D eigenvalue weighted by Crippen LogP contribution is 2.25. The van der Waals surface area contributed by atoms with Crippen LogP contribution in [0.4, 0.5) is 16.0 Å². The monoisotopic (exact) mass is 404 g/mol. The molecule has 2 aromatic heterocycles. The molecule has 28 heavy (non-hydrogen) atoms. The Labute approximate surface area is 162 Å². The van der Waals surface area contributed by atoms with E-state index in [9.17, 15) is 8.60 Å². The van der Waals surface area contributed by atoms with E-state index in [4.69, 9.17) is 4.74 Å².